The summed E-state index contributed by atoms with van der Waals surface area (Å²) >= 11 is 1.29. The van der Waals surface area contributed by atoms with Gasteiger partial charge < -0.3 is 10.3 Å². The van der Waals surface area contributed by atoms with Crippen LogP contribution in [0.4, 0.5) is 0 Å². The van der Waals surface area contributed by atoms with Crippen molar-refractivity contribution in [1.82, 2.24) is 15.3 Å². The van der Waals surface area contributed by atoms with Crippen LogP contribution in [0.15, 0.2) is 42.5 Å². The number of carbonyl (C=O) groups excluding carboxylic acids is 2. The first-order valence-electron chi connectivity index (χ1n) is 10.9. The number of nitrogens with one attached hydrogen (secondary N) is 2. The second-order valence-corrected chi connectivity index (χ2v) is 9.29. The number of hydrogen-bond acceptors (Lipinski definition) is 4. The third kappa shape index (κ3) is 6.20. The first-order valence-corrected chi connectivity index (χ1v) is 11.9. The number of amides is 1. The van der Waals surface area contributed by atoms with Crippen LogP contribution in [0.5, 0.6) is 0 Å². The van der Waals surface area contributed by atoms with Gasteiger partial charge in [0.15, 0.2) is 5.12 Å². The summed E-state index contributed by atoms with van der Waals surface area (Å²) in [5, 5.41) is 3.30. The van der Waals surface area contributed by atoms with Gasteiger partial charge in [0, 0.05) is 29.7 Å². The van der Waals surface area contributed by atoms with E-state index in [2.05, 4.69) is 22.2 Å². The van der Waals surface area contributed by atoms with Crippen LogP contribution in [0, 0.1) is 12.8 Å². The highest BCUT2D eigenvalue weighted by Gasteiger charge is 2.19. The molecule has 2 aromatic carbocycles. The van der Waals surface area contributed by atoms with Gasteiger partial charge in [0.05, 0.1) is 11.0 Å². The molecule has 1 aromatic heterocycles. The third-order valence-corrected chi connectivity index (χ3v) is 6.46. The van der Waals surface area contributed by atoms with Gasteiger partial charge in [-0.2, -0.15) is 0 Å². The Labute approximate surface area is 188 Å². The normalized spacial score (nSPS) is 12.3. The number of aryl methyl sites for hydroxylation is 2. The molecule has 1 heterocycles. The minimum atomic E-state index is -0.143. The van der Waals surface area contributed by atoms with Gasteiger partial charge in [-0.1, -0.05) is 62.9 Å². The number of hydrogen-bond donors (Lipinski definition) is 2. The van der Waals surface area contributed by atoms with Gasteiger partial charge in [-0.25, -0.2) is 4.98 Å². The summed E-state index contributed by atoms with van der Waals surface area (Å²) in [4.78, 5) is 33.2. The number of aromatic nitrogens is 2. The van der Waals surface area contributed by atoms with Crippen molar-refractivity contribution in [2.24, 2.45) is 5.92 Å². The van der Waals surface area contributed by atoms with E-state index in [1.807, 2.05) is 63.2 Å². The number of nitrogens with zero attached hydrogens (tertiary/aromatic N) is 1. The molecule has 31 heavy (non-hydrogen) atoms. The lowest BCUT2D eigenvalue weighted by Crippen LogP contribution is -2.38. The molecule has 0 spiro atoms. The minimum absolute atomic E-state index is 0.0270. The fraction of sp³-hybridized carbons (Fsp3) is 0.400. The maximum Gasteiger partial charge on any atom is 0.251 e. The maximum absolute atomic E-state index is 13.1. The number of thioether (sulfide) groups is 1. The average Bonchev–Trinajstić information content (AvgIpc) is 3.16. The largest absolute Gasteiger partial charge is 0.348 e. The Hall–Kier alpha value is -2.60. The Morgan fingerprint density at radius 3 is 2.58 bits per heavy atom. The Morgan fingerprint density at radius 2 is 1.90 bits per heavy atom. The van der Waals surface area contributed by atoms with Crippen molar-refractivity contribution in [3.05, 3.63) is 65.0 Å². The molecule has 1 atom stereocenters. The van der Waals surface area contributed by atoms with Crippen LogP contribution in [0.25, 0.3) is 11.0 Å². The van der Waals surface area contributed by atoms with Crippen molar-refractivity contribution >= 4 is 33.8 Å². The van der Waals surface area contributed by atoms with E-state index < -0.39 is 0 Å². The molecule has 0 bridgehead atoms. The Balaban J connectivity index is 1.78. The summed E-state index contributed by atoms with van der Waals surface area (Å²) in [6.45, 7) is 7.90. The van der Waals surface area contributed by atoms with Gasteiger partial charge >= 0.3 is 0 Å². The molecule has 0 saturated carbocycles. The molecule has 0 aliphatic carbocycles. The predicted molar refractivity (Wildman–Crippen MR) is 129 cm³/mol. The zero-order valence-electron chi connectivity index (χ0n) is 18.7. The highest BCUT2D eigenvalue weighted by atomic mass is 32.2. The van der Waals surface area contributed by atoms with Crippen LogP contribution in [0.2, 0.25) is 0 Å². The molecule has 2 N–H and O–H groups in total. The summed E-state index contributed by atoms with van der Waals surface area (Å²) in [5.41, 5.74) is 4.52. The number of fused-ring (bicyclic) bond motifs is 1. The minimum Gasteiger partial charge on any atom is -0.348 e. The van der Waals surface area contributed by atoms with Crippen LogP contribution in [-0.4, -0.2) is 32.8 Å². The summed E-state index contributed by atoms with van der Waals surface area (Å²) in [5.74, 6) is 1.34. The summed E-state index contributed by atoms with van der Waals surface area (Å²) in [6.07, 6.45) is 2.58. The maximum atomic E-state index is 13.1. The molecule has 5 nitrogen and oxygen atoms in total. The second kappa shape index (κ2) is 10.6. The van der Waals surface area contributed by atoms with Gasteiger partial charge in [-0.15, -0.1) is 0 Å². The molecule has 0 unspecified atom stereocenters. The van der Waals surface area contributed by atoms with Gasteiger partial charge in [0.25, 0.3) is 5.91 Å². The molecular formula is C25H31N3O2S. The molecule has 3 rings (SSSR count). The van der Waals surface area contributed by atoms with Crippen molar-refractivity contribution in [2.75, 3.05) is 5.75 Å². The average molecular weight is 438 g/mol. The Morgan fingerprint density at radius 1 is 1.16 bits per heavy atom. The third-order valence-electron chi connectivity index (χ3n) is 5.13. The molecular weight excluding hydrogens is 406 g/mol. The van der Waals surface area contributed by atoms with Crippen LogP contribution < -0.4 is 5.32 Å². The lowest BCUT2D eigenvalue weighted by molar-refractivity contribution is -0.113. The molecule has 0 radical (unpaired) electrons. The van der Waals surface area contributed by atoms with Crippen LogP contribution >= 0.6 is 11.8 Å². The van der Waals surface area contributed by atoms with E-state index in [9.17, 15) is 9.59 Å². The standard InChI is InChI=1S/C25H31N3O2S/c1-5-9-22-27-21-14-19(12-17(4)23(21)28-22)24(29)26-20(15-31-25(30)16(2)3)13-18-10-7-6-8-11-18/h6-8,10-12,14,16,20H,5,9,13,15H2,1-4H3,(H,26,29)(H,27,28)/t20-/m1/s1. The summed E-state index contributed by atoms with van der Waals surface area (Å²) in [6, 6.07) is 13.7. The van der Waals surface area contributed by atoms with E-state index in [-0.39, 0.29) is 23.0 Å². The van der Waals surface area contributed by atoms with Gasteiger partial charge in [0.2, 0.25) is 0 Å². The number of H-pyrrole nitrogens is 1. The molecule has 0 aliphatic heterocycles. The first kappa shape index (κ1) is 23.1. The highest BCUT2D eigenvalue weighted by Crippen LogP contribution is 2.20. The summed E-state index contributed by atoms with van der Waals surface area (Å²) in [7, 11) is 0. The fourth-order valence-electron chi connectivity index (χ4n) is 3.50. The Bertz CT molecular complexity index is 1040. The zero-order chi connectivity index (χ0) is 22.4. The number of carbonyl (C=O) groups is 2. The zero-order valence-corrected chi connectivity index (χ0v) is 19.5. The topological polar surface area (TPSA) is 74.8 Å². The van der Waals surface area contributed by atoms with Crippen molar-refractivity contribution in [3.8, 4) is 0 Å². The van der Waals surface area contributed by atoms with Gasteiger partial charge in [0.1, 0.15) is 5.82 Å². The van der Waals surface area contributed by atoms with E-state index in [0.717, 1.165) is 40.8 Å². The lowest BCUT2D eigenvalue weighted by atomic mass is 10.1. The number of aromatic amines is 1. The molecule has 3 aromatic rings. The van der Waals surface area contributed by atoms with Crippen LogP contribution in [0.1, 0.15) is 54.5 Å². The summed E-state index contributed by atoms with van der Waals surface area (Å²) < 4.78 is 0. The number of rotatable bonds is 9. The van der Waals surface area contributed by atoms with Crippen molar-refractivity contribution in [3.63, 3.8) is 0 Å². The molecule has 0 fully saturated rings. The quantitative estimate of drug-likeness (QED) is 0.489. The fourth-order valence-corrected chi connectivity index (χ4v) is 4.40. The van der Waals surface area contributed by atoms with E-state index in [1.54, 1.807) is 0 Å². The van der Waals surface area contributed by atoms with Crippen LogP contribution in [0.3, 0.4) is 0 Å². The van der Waals surface area contributed by atoms with Gasteiger partial charge in [-0.3, -0.25) is 9.59 Å². The van der Waals surface area contributed by atoms with Crippen molar-refractivity contribution in [1.29, 1.82) is 0 Å². The highest BCUT2D eigenvalue weighted by molar-refractivity contribution is 8.13. The molecule has 6 heteroatoms. The van der Waals surface area contributed by atoms with E-state index in [4.69, 9.17) is 0 Å². The van der Waals surface area contributed by atoms with Crippen molar-refractivity contribution < 1.29 is 9.59 Å². The van der Waals surface area contributed by atoms with E-state index in [1.165, 1.54) is 11.8 Å². The van der Waals surface area contributed by atoms with Crippen molar-refractivity contribution in [2.45, 2.75) is 53.0 Å². The first-order chi connectivity index (χ1) is 14.9. The second-order valence-electron chi connectivity index (χ2n) is 8.27. The molecule has 0 saturated heterocycles. The molecule has 1 amide bonds. The molecule has 164 valence electrons. The molecule has 0 aliphatic rings. The lowest BCUT2D eigenvalue weighted by Gasteiger charge is -2.19. The van der Waals surface area contributed by atoms with E-state index in [0.29, 0.717) is 17.7 Å². The number of imidazole rings is 1. The monoisotopic (exact) mass is 437 g/mol. The Kier molecular flexibility index (Phi) is 7.91. The predicted octanol–water partition coefficient (Wildman–Crippen LogP) is 5.08. The van der Waals surface area contributed by atoms with Gasteiger partial charge in [-0.05, 0) is 43.0 Å². The SMILES string of the molecule is CCCc1nc2c(C)cc(C(=O)N[C@@H](CSC(=O)C(C)C)Cc3ccccc3)cc2[nH]1. The smallest absolute Gasteiger partial charge is 0.251 e. The number of benzene rings is 2. The van der Waals surface area contributed by atoms with Crippen LogP contribution in [-0.2, 0) is 17.6 Å². The van der Waals surface area contributed by atoms with E-state index >= 15 is 0 Å².